The van der Waals surface area contributed by atoms with Gasteiger partial charge in [0.05, 0.1) is 11.3 Å². The topological polar surface area (TPSA) is 96.6 Å². The number of nitrogens with two attached hydrogens (primary N) is 1. The molecule has 2 amide bonds. The van der Waals surface area contributed by atoms with E-state index in [4.69, 9.17) is 5.73 Å². The molecule has 1 heterocycles. The number of halogens is 5. The molecule has 4 rings (SSSR count). The lowest BCUT2D eigenvalue weighted by Gasteiger charge is -2.13. The van der Waals surface area contributed by atoms with Gasteiger partial charge < -0.3 is 16.4 Å². The Balaban J connectivity index is 1.69. The predicted molar refractivity (Wildman–Crippen MR) is 139 cm³/mol. The van der Waals surface area contributed by atoms with Crippen molar-refractivity contribution in [2.24, 2.45) is 10.7 Å². The molecule has 1 unspecified atom stereocenters. The summed E-state index contributed by atoms with van der Waals surface area (Å²) in [5.74, 6) is -13.1. The number of nitrogens with one attached hydrogen (secondary N) is 2. The summed E-state index contributed by atoms with van der Waals surface area (Å²) in [7, 11) is 0. The second kappa shape index (κ2) is 11.3. The molecular weight excluding hydrogens is 539 g/mol. The van der Waals surface area contributed by atoms with Crippen LogP contribution in [-0.4, -0.2) is 22.1 Å². The minimum Gasteiger partial charge on any atom is -0.400 e. The first kappa shape index (κ1) is 27.8. The van der Waals surface area contributed by atoms with Gasteiger partial charge in [-0.05, 0) is 42.7 Å². The highest BCUT2D eigenvalue weighted by atomic mass is 32.2. The molecule has 202 valence electrons. The molecule has 6 nitrogen and oxygen atoms in total. The van der Waals surface area contributed by atoms with Crippen molar-refractivity contribution in [3.05, 3.63) is 106 Å². The van der Waals surface area contributed by atoms with Crippen molar-refractivity contribution in [3.8, 4) is 0 Å². The average molecular weight is 561 g/mol. The number of hydrogen-bond acceptors (Lipinski definition) is 5. The number of nitrogens with zero attached hydrogens (tertiary/aromatic N) is 1. The maximum atomic E-state index is 14.2. The van der Waals surface area contributed by atoms with Crippen LogP contribution in [0.25, 0.3) is 0 Å². The second-order valence-electron chi connectivity index (χ2n) is 8.62. The van der Waals surface area contributed by atoms with Gasteiger partial charge in [-0.15, -0.1) is 0 Å². The third kappa shape index (κ3) is 5.65. The van der Waals surface area contributed by atoms with E-state index in [2.05, 4.69) is 10.3 Å². The van der Waals surface area contributed by atoms with Crippen molar-refractivity contribution in [1.29, 1.82) is 0 Å². The lowest BCUT2D eigenvalue weighted by atomic mass is 10.1. The summed E-state index contributed by atoms with van der Waals surface area (Å²) in [5, 5.41) is 3.00. The molecule has 1 aliphatic rings. The number of benzene rings is 3. The van der Waals surface area contributed by atoms with E-state index in [1.54, 1.807) is 41.7 Å². The van der Waals surface area contributed by atoms with E-state index >= 15 is 0 Å². The number of amides is 2. The summed E-state index contributed by atoms with van der Waals surface area (Å²) in [4.78, 5) is 30.6. The Morgan fingerprint density at radius 1 is 0.897 bits per heavy atom. The fraction of sp³-hybridized carbons (Fsp3) is 0.148. The number of rotatable bonds is 6. The smallest absolute Gasteiger partial charge is 0.256 e. The van der Waals surface area contributed by atoms with Crippen molar-refractivity contribution in [2.45, 2.75) is 25.6 Å². The highest BCUT2D eigenvalue weighted by molar-refractivity contribution is 8.16. The van der Waals surface area contributed by atoms with E-state index in [0.717, 1.165) is 16.7 Å². The van der Waals surface area contributed by atoms with E-state index in [1.165, 1.54) is 0 Å². The van der Waals surface area contributed by atoms with E-state index < -0.39 is 51.8 Å². The zero-order chi connectivity index (χ0) is 28.4. The standard InChI is InChI=1S/C27H21F5N4O2S/c1-12-8-9-15(10-13(12)2)35-27-16(25(37)34-11-14-6-4-3-5-7-14)22(33)24(39-27)26(38)36-23-20(31)18(29)17(28)19(30)21(23)32/h3-10,24H,11,33H2,1-2H3,(H,34,37)(H,36,38). The fourth-order valence-corrected chi connectivity index (χ4v) is 4.80. The zero-order valence-electron chi connectivity index (χ0n) is 20.5. The average Bonchev–Trinajstić information content (AvgIpc) is 3.25. The first-order chi connectivity index (χ1) is 18.5. The van der Waals surface area contributed by atoms with Crippen molar-refractivity contribution >= 4 is 40.0 Å². The summed E-state index contributed by atoms with van der Waals surface area (Å²) in [6.07, 6.45) is 0. The lowest BCUT2D eigenvalue weighted by Crippen LogP contribution is -2.32. The van der Waals surface area contributed by atoms with Crippen LogP contribution in [0.3, 0.4) is 0 Å². The Morgan fingerprint density at radius 3 is 2.13 bits per heavy atom. The quantitative estimate of drug-likeness (QED) is 0.216. The number of carbonyl (C=O) groups is 2. The number of aliphatic imine (C=N–C) groups is 1. The van der Waals surface area contributed by atoms with Crippen LogP contribution < -0.4 is 16.4 Å². The van der Waals surface area contributed by atoms with Crippen LogP contribution in [0, 0.1) is 42.9 Å². The summed E-state index contributed by atoms with van der Waals surface area (Å²) in [5.41, 5.74) is 7.33. The molecule has 0 saturated heterocycles. The van der Waals surface area contributed by atoms with Crippen LogP contribution in [0.4, 0.5) is 33.3 Å². The number of anilines is 1. The minimum atomic E-state index is -2.36. The van der Waals surface area contributed by atoms with Crippen LogP contribution in [0.2, 0.25) is 0 Å². The predicted octanol–water partition coefficient (Wildman–Crippen LogP) is 5.31. The summed E-state index contributed by atoms with van der Waals surface area (Å²) in [6.45, 7) is 3.88. The van der Waals surface area contributed by atoms with E-state index in [1.807, 2.05) is 26.0 Å². The van der Waals surface area contributed by atoms with Crippen LogP contribution in [0.5, 0.6) is 0 Å². The fourth-order valence-electron chi connectivity index (χ4n) is 3.68. The van der Waals surface area contributed by atoms with Gasteiger partial charge in [0.2, 0.25) is 11.7 Å². The Morgan fingerprint density at radius 2 is 1.51 bits per heavy atom. The van der Waals surface area contributed by atoms with Crippen LogP contribution in [0.15, 0.2) is 64.8 Å². The van der Waals surface area contributed by atoms with Gasteiger partial charge in [0.15, 0.2) is 23.3 Å². The van der Waals surface area contributed by atoms with E-state index in [0.29, 0.717) is 17.4 Å². The number of carbonyl (C=O) groups excluding carboxylic acids is 2. The highest BCUT2D eigenvalue weighted by Crippen LogP contribution is 2.36. The summed E-state index contributed by atoms with van der Waals surface area (Å²) >= 11 is 0.704. The normalized spacial score (nSPS) is 16.1. The number of thioether (sulfide) groups is 1. The number of aryl methyl sites for hydroxylation is 2. The van der Waals surface area contributed by atoms with Gasteiger partial charge in [-0.25, -0.2) is 26.9 Å². The molecule has 0 bridgehead atoms. The lowest BCUT2D eigenvalue weighted by molar-refractivity contribution is -0.117. The molecule has 3 aromatic carbocycles. The molecule has 1 atom stereocenters. The summed E-state index contributed by atoms with van der Waals surface area (Å²) < 4.78 is 69.0. The molecule has 3 aromatic rings. The molecular formula is C27H21F5N4O2S. The Labute approximate surface area is 224 Å². The van der Waals surface area contributed by atoms with Crippen molar-refractivity contribution < 1.29 is 31.5 Å². The SMILES string of the molecule is Cc1ccc(N=C2SC(C(=O)Nc3c(F)c(F)c(F)c(F)c3F)C(N)=C2C(=O)NCc2ccccc2)cc1C. The largest absolute Gasteiger partial charge is 0.400 e. The van der Waals surface area contributed by atoms with Crippen LogP contribution in [0.1, 0.15) is 16.7 Å². The molecule has 0 spiro atoms. The summed E-state index contributed by atoms with van der Waals surface area (Å²) in [6, 6.07) is 14.2. The first-order valence-electron chi connectivity index (χ1n) is 11.5. The molecule has 0 fully saturated rings. The maximum Gasteiger partial charge on any atom is 0.256 e. The molecule has 39 heavy (non-hydrogen) atoms. The molecule has 12 heteroatoms. The highest BCUT2D eigenvalue weighted by Gasteiger charge is 2.39. The van der Waals surface area contributed by atoms with Crippen molar-refractivity contribution in [2.75, 3.05) is 5.32 Å². The molecule has 0 radical (unpaired) electrons. The molecule has 4 N–H and O–H groups in total. The molecule has 0 saturated carbocycles. The van der Waals surface area contributed by atoms with Gasteiger partial charge in [0.25, 0.3) is 5.91 Å². The third-order valence-corrected chi connectivity index (χ3v) is 7.18. The van der Waals surface area contributed by atoms with Gasteiger partial charge in [0.1, 0.15) is 16.0 Å². The van der Waals surface area contributed by atoms with Crippen LogP contribution >= 0.6 is 11.8 Å². The molecule has 1 aliphatic heterocycles. The monoisotopic (exact) mass is 560 g/mol. The zero-order valence-corrected chi connectivity index (χ0v) is 21.4. The van der Waals surface area contributed by atoms with Crippen molar-refractivity contribution in [3.63, 3.8) is 0 Å². The minimum absolute atomic E-state index is 0.0406. The Kier molecular flexibility index (Phi) is 8.05. The third-order valence-electron chi connectivity index (χ3n) is 5.95. The van der Waals surface area contributed by atoms with E-state index in [-0.39, 0.29) is 22.9 Å². The second-order valence-corrected chi connectivity index (χ2v) is 9.71. The van der Waals surface area contributed by atoms with Gasteiger partial charge in [-0.1, -0.05) is 48.2 Å². The van der Waals surface area contributed by atoms with Gasteiger partial charge in [0, 0.05) is 12.2 Å². The van der Waals surface area contributed by atoms with Gasteiger partial charge in [-0.3, -0.25) is 9.59 Å². The van der Waals surface area contributed by atoms with Gasteiger partial charge >= 0.3 is 0 Å². The maximum absolute atomic E-state index is 14.2. The molecule has 0 aromatic heterocycles. The van der Waals surface area contributed by atoms with Crippen LogP contribution in [-0.2, 0) is 16.1 Å². The number of hydrogen-bond donors (Lipinski definition) is 3. The Bertz CT molecular complexity index is 1510. The Hall–Kier alpha value is -4.19. The first-order valence-corrected chi connectivity index (χ1v) is 12.3. The van der Waals surface area contributed by atoms with E-state index in [9.17, 15) is 31.5 Å². The molecule has 0 aliphatic carbocycles. The van der Waals surface area contributed by atoms with Crippen molar-refractivity contribution in [1.82, 2.24) is 5.32 Å². The van der Waals surface area contributed by atoms with Gasteiger partial charge in [-0.2, -0.15) is 0 Å².